The van der Waals surface area contributed by atoms with Gasteiger partial charge >= 0.3 is 0 Å². The van der Waals surface area contributed by atoms with Crippen molar-refractivity contribution < 1.29 is 18.0 Å². The summed E-state index contributed by atoms with van der Waals surface area (Å²) in [6, 6.07) is 17.3. The highest BCUT2D eigenvalue weighted by atomic mass is 35.5. The van der Waals surface area contributed by atoms with Gasteiger partial charge in [0.15, 0.2) is 0 Å². The van der Waals surface area contributed by atoms with E-state index in [9.17, 15) is 18.0 Å². The van der Waals surface area contributed by atoms with E-state index in [1.807, 2.05) is 50.2 Å². The van der Waals surface area contributed by atoms with Crippen molar-refractivity contribution in [1.29, 1.82) is 0 Å². The monoisotopic (exact) mass is 541 g/mol. The molecule has 37 heavy (non-hydrogen) atoms. The fraction of sp³-hybridized carbons (Fsp3) is 0.357. The first-order valence-electron chi connectivity index (χ1n) is 12.5. The van der Waals surface area contributed by atoms with Crippen LogP contribution in [0.25, 0.3) is 10.8 Å². The zero-order chi connectivity index (χ0) is 26.7. The predicted molar refractivity (Wildman–Crippen MR) is 147 cm³/mol. The summed E-state index contributed by atoms with van der Waals surface area (Å²) in [6.45, 7) is 5.94. The average Bonchev–Trinajstić information content (AvgIpc) is 3.10. The van der Waals surface area contributed by atoms with Crippen molar-refractivity contribution in [3.8, 4) is 0 Å². The second-order valence-electron chi connectivity index (χ2n) is 9.42. The number of rotatable bonds is 10. The maximum absolute atomic E-state index is 13.4. The smallest absolute Gasteiger partial charge is 0.265 e. The quantitative estimate of drug-likeness (QED) is 0.386. The van der Waals surface area contributed by atoms with Crippen LogP contribution in [0.2, 0.25) is 5.02 Å². The number of nitrogens with zero attached hydrogens (tertiary/aromatic N) is 2. The fourth-order valence-electron chi connectivity index (χ4n) is 4.57. The number of carbonyl (C=O) groups excluding carboxylic acids is 2. The topological polar surface area (TPSA) is 86.8 Å². The Morgan fingerprint density at radius 2 is 1.73 bits per heavy atom. The first kappa shape index (κ1) is 26.9. The Bertz CT molecular complexity index is 1420. The van der Waals surface area contributed by atoms with Gasteiger partial charge in [0.2, 0.25) is 11.8 Å². The molecule has 0 bridgehead atoms. The third-order valence-electron chi connectivity index (χ3n) is 6.90. The summed E-state index contributed by atoms with van der Waals surface area (Å²) in [4.78, 5) is 28.2. The summed E-state index contributed by atoms with van der Waals surface area (Å²) >= 11 is 6.36. The van der Waals surface area contributed by atoms with Crippen molar-refractivity contribution in [2.75, 3.05) is 10.8 Å². The average molecular weight is 542 g/mol. The minimum absolute atomic E-state index is 0.0167. The maximum atomic E-state index is 13.4. The van der Waals surface area contributed by atoms with Crippen molar-refractivity contribution in [2.45, 2.75) is 63.6 Å². The molecule has 0 saturated heterocycles. The van der Waals surface area contributed by atoms with Crippen LogP contribution in [0.1, 0.15) is 45.6 Å². The van der Waals surface area contributed by atoms with Crippen LogP contribution in [0.15, 0.2) is 65.6 Å². The molecule has 1 aliphatic heterocycles. The predicted octanol–water partition coefficient (Wildman–Crippen LogP) is 5.11. The number of amides is 2. The zero-order valence-electron chi connectivity index (χ0n) is 21.3. The summed E-state index contributed by atoms with van der Waals surface area (Å²) in [7, 11) is -3.69. The Kier molecular flexibility index (Phi) is 8.09. The molecule has 0 aliphatic carbocycles. The number of halogens is 1. The summed E-state index contributed by atoms with van der Waals surface area (Å²) in [5.41, 5.74) is 1.37. The molecular weight excluding hydrogens is 510 g/mol. The van der Waals surface area contributed by atoms with Gasteiger partial charge in [0.05, 0.1) is 10.6 Å². The van der Waals surface area contributed by atoms with Crippen molar-refractivity contribution >= 4 is 49.9 Å². The lowest BCUT2D eigenvalue weighted by atomic mass is 10.1. The molecule has 0 radical (unpaired) electrons. The van der Waals surface area contributed by atoms with Gasteiger partial charge in [-0.25, -0.2) is 8.42 Å². The van der Waals surface area contributed by atoms with E-state index < -0.39 is 16.1 Å². The van der Waals surface area contributed by atoms with Gasteiger partial charge in [-0.05, 0) is 55.8 Å². The summed E-state index contributed by atoms with van der Waals surface area (Å²) in [6.07, 6.45) is 1.17. The van der Waals surface area contributed by atoms with Crippen LogP contribution < -0.4 is 9.62 Å². The molecule has 1 N–H and O–H groups in total. The number of nitrogens with one attached hydrogen (secondary N) is 1. The van der Waals surface area contributed by atoms with Crippen LogP contribution in [-0.2, 0) is 26.2 Å². The molecule has 4 rings (SSSR count). The molecule has 2 atom stereocenters. The highest BCUT2D eigenvalue weighted by Crippen LogP contribution is 2.42. The fourth-order valence-corrected chi connectivity index (χ4v) is 6.52. The van der Waals surface area contributed by atoms with Crippen molar-refractivity contribution in [3.05, 3.63) is 71.2 Å². The first-order chi connectivity index (χ1) is 17.6. The minimum Gasteiger partial charge on any atom is -0.352 e. The Morgan fingerprint density at radius 3 is 2.43 bits per heavy atom. The molecule has 3 aromatic rings. The van der Waals surface area contributed by atoms with E-state index in [2.05, 4.69) is 5.32 Å². The van der Waals surface area contributed by atoms with Gasteiger partial charge in [0, 0.05) is 36.0 Å². The zero-order valence-corrected chi connectivity index (χ0v) is 22.8. The van der Waals surface area contributed by atoms with Crippen molar-refractivity contribution in [2.24, 2.45) is 0 Å². The molecule has 0 saturated carbocycles. The van der Waals surface area contributed by atoms with E-state index in [0.717, 1.165) is 17.4 Å². The van der Waals surface area contributed by atoms with Gasteiger partial charge in [0.25, 0.3) is 10.0 Å². The van der Waals surface area contributed by atoms with E-state index in [1.54, 1.807) is 31.2 Å². The van der Waals surface area contributed by atoms with Crippen LogP contribution in [0.4, 0.5) is 5.69 Å². The normalized spacial score (nSPS) is 15.4. The Labute approximate surface area is 223 Å². The highest BCUT2D eigenvalue weighted by molar-refractivity contribution is 7.93. The lowest BCUT2D eigenvalue weighted by molar-refractivity contribution is -0.140. The molecule has 0 unspecified atom stereocenters. The summed E-state index contributed by atoms with van der Waals surface area (Å²) in [5.74, 6) is -0.474. The first-order valence-corrected chi connectivity index (χ1v) is 14.3. The van der Waals surface area contributed by atoms with Gasteiger partial charge in [-0.2, -0.15) is 0 Å². The van der Waals surface area contributed by atoms with Crippen LogP contribution in [-0.4, -0.2) is 43.8 Å². The molecule has 3 aromatic carbocycles. The second-order valence-corrected chi connectivity index (χ2v) is 11.7. The number of carbonyl (C=O) groups is 2. The highest BCUT2D eigenvalue weighted by Gasteiger charge is 2.35. The molecular formula is C28H32ClN3O4S. The van der Waals surface area contributed by atoms with Gasteiger partial charge in [-0.1, -0.05) is 61.0 Å². The third-order valence-corrected chi connectivity index (χ3v) is 9.12. The lowest BCUT2D eigenvalue weighted by Gasteiger charge is -2.30. The maximum Gasteiger partial charge on any atom is 0.265 e. The summed E-state index contributed by atoms with van der Waals surface area (Å²) < 4.78 is 27.9. The van der Waals surface area contributed by atoms with Gasteiger partial charge in [-0.15, -0.1) is 0 Å². The van der Waals surface area contributed by atoms with Crippen LogP contribution in [0.3, 0.4) is 0 Å². The van der Waals surface area contributed by atoms with Gasteiger partial charge in [0.1, 0.15) is 6.04 Å². The molecule has 9 heteroatoms. The Morgan fingerprint density at radius 1 is 1.03 bits per heavy atom. The van der Waals surface area contributed by atoms with Gasteiger partial charge < -0.3 is 10.2 Å². The second kappa shape index (κ2) is 11.1. The number of hydrogen-bond acceptors (Lipinski definition) is 4. The molecule has 7 nitrogen and oxygen atoms in total. The molecule has 1 heterocycles. The van der Waals surface area contributed by atoms with Crippen molar-refractivity contribution in [1.82, 2.24) is 10.2 Å². The van der Waals surface area contributed by atoms with E-state index in [4.69, 9.17) is 11.6 Å². The van der Waals surface area contributed by atoms with Crippen LogP contribution >= 0.6 is 11.6 Å². The van der Waals surface area contributed by atoms with Crippen LogP contribution in [0.5, 0.6) is 0 Å². The van der Waals surface area contributed by atoms with E-state index in [1.165, 1.54) is 9.21 Å². The number of anilines is 1. The lowest BCUT2D eigenvalue weighted by Crippen LogP contribution is -2.49. The summed E-state index contributed by atoms with van der Waals surface area (Å²) in [5, 5.41) is 5.04. The van der Waals surface area contributed by atoms with Gasteiger partial charge in [-0.3, -0.25) is 13.9 Å². The van der Waals surface area contributed by atoms with E-state index in [-0.39, 0.29) is 37.4 Å². The molecule has 196 valence electrons. The van der Waals surface area contributed by atoms with Crippen molar-refractivity contribution in [3.63, 3.8) is 0 Å². The Balaban J connectivity index is 1.50. The van der Waals surface area contributed by atoms with E-state index in [0.29, 0.717) is 27.4 Å². The molecule has 0 fully saturated rings. The van der Waals surface area contributed by atoms with Crippen LogP contribution in [0, 0.1) is 0 Å². The van der Waals surface area contributed by atoms with E-state index >= 15 is 0 Å². The number of benzene rings is 3. The molecule has 1 aliphatic rings. The SMILES string of the molecule is CC[C@@H](C)NC(=O)[C@H](C)N(Cc1ccccc1Cl)C(=O)CCCN1c2cccc3cccc(c23)S1(=O)=O. The molecule has 0 spiro atoms. The Hall–Kier alpha value is -3.10. The largest absolute Gasteiger partial charge is 0.352 e. The number of hydrogen-bond donors (Lipinski definition) is 1. The molecule has 0 aromatic heterocycles. The standard InChI is InChI=1S/C28H32ClN3O4S/c1-4-19(2)30-28(34)20(3)31(18-22-10-5-6-13-23(22)29)26(33)16-9-17-32-24-14-7-11-21-12-8-15-25(27(21)24)37(32,35)36/h5-8,10-15,19-20H,4,9,16-18H2,1-3H3,(H,30,34)/t19-,20+/m1/s1. The number of sulfonamides is 1. The third kappa shape index (κ3) is 5.45. The minimum atomic E-state index is -3.69. The molecule has 2 amide bonds.